The van der Waals surface area contributed by atoms with Crippen molar-refractivity contribution >= 4 is 34.0 Å². The van der Waals surface area contributed by atoms with Crippen molar-refractivity contribution in [2.45, 2.75) is 44.2 Å². The van der Waals surface area contributed by atoms with Gasteiger partial charge in [-0.3, -0.25) is 4.79 Å². The first-order chi connectivity index (χ1) is 18.0. The number of ether oxygens (including phenoxy) is 1. The number of anilines is 1. The highest BCUT2D eigenvalue weighted by Crippen LogP contribution is 2.33. The minimum absolute atomic E-state index is 0.0312. The summed E-state index contributed by atoms with van der Waals surface area (Å²) in [6.07, 6.45) is 5.29. The summed E-state index contributed by atoms with van der Waals surface area (Å²) in [4.78, 5) is 18.0. The van der Waals surface area contributed by atoms with Crippen LogP contribution in [-0.2, 0) is 11.2 Å². The molecule has 3 aliphatic rings. The maximum absolute atomic E-state index is 13.5. The summed E-state index contributed by atoms with van der Waals surface area (Å²) in [6.45, 7) is 4.55. The van der Waals surface area contributed by atoms with Gasteiger partial charge in [-0.25, -0.2) is 4.39 Å². The van der Waals surface area contributed by atoms with E-state index < -0.39 is 0 Å². The summed E-state index contributed by atoms with van der Waals surface area (Å²) < 4.78 is 19.4. The van der Waals surface area contributed by atoms with Crippen LogP contribution in [0.15, 0.2) is 54.6 Å². The molecule has 3 aromatic carbocycles. The van der Waals surface area contributed by atoms with Crippen LogP contribution in [0.5, 0.6) is 5.75 Å². The topological polar surface area (TPSA) is 44.8 Å². The molecule has 0 spiro atoms. The van der Waals surface area contributed by atoms with Crippen LogP contribution in [0.25, 0.3) is 10.8 Å². The second-order valence-electron chi connectivity index (χ2n) is 10.8. The van der Waals surface area contributed by atoms with Crippen molar-refractivity contribution in [2.24, 2.45) is 5.92 Å². The van der Waals surface area contributed by atoms with Gasteiger partial charge in [0.05, 0.1) is 17.0 Å². The van der Waals surface area contributed by atoms with E-state index >= 15 is 0 Å². The van der Waals surface area contributed by atoms with Crippen molar-refractivity contribution in [3.8, 4) is 5.75 Å². The normalized spacial score (nSPS) is 20.6. The van der Waals surface area contributed by atoms with E-state index in [0.717, 1.165) is 79.6 Å². The molecular formula is C30H33ClFN3O2. The second kappa shape index (κ2) is 10.5. The van der Waals surface area contributed by atoms with Crippen molar-refractivity contribution in [3.05, 3.63) is 71.0 Å². The standard InChI is InChI=1S/C30H33ClFN3O2/c31-28-15-20(2-9-29(28)37-27-7-8-27)14-25(19-34-11-1-12-34)33-30(36)23-10-13-35(18-23)26-6-4-21-16-24(32)5-3-22(21)17-26/h2-6,9,15-17,23,25,27H,1,7-8,10-14,18-19H2,(H,33,36). The predicted octanol–water partition coefficient (Wildman–Crippen LogP) is 5.43. The van der Waals surface area contributed by atoms with Gasteiger partial charge in [0.1, 0.15) is 11.6 Å². The van der Waals surface area contributed by atoms with Gasteiger partial charge in [-0.1, -0.05) is 29.8 Å². The van der Waals surface area contributed by atoms with Gasteiger partial charge >= 0.3 is 0 Å². The van der Waals surface area contributed by atoms with Crippen LogP contribution in [0, 0.1) is 11.7 Å². The highest BCUT2D eigenvalue weighted by atomic mass is 35.5. The number of nitrogens with one attached hydrogen (secondary N) is 1. The maximum Gasteiger partial charge on any atom is 0.225 e. The van der Waals surface area contributed by atoms with Crippen molar-refractivity contribution in [1.29, 1.82) is 0 Å². The van der Waals surface area contributed by atoms with Gasteiger partial charge in [0.15, 0.2) is 0 Å². The molecule has 1 saturated carbocycles. The number of carbonyl (C=O) groups is 1. The molecule has 0 aromatic heterocycles. The summed E-state index contributed by atoms with van der Waals surface area (Å²) in [5, 5.41) is 5.90. The first kappa shape index (κ1) is 24.5. The minimum Gasteiger partial charge on any atom is -0.489 e. The van der Waals surface area contributed by atoms with Gasteiger partial charge in [0.25, 0.3) is 0 Å². The van der Waals surface area contributed by atoms with E-state index in [4.69, 9.17) is 16.3 Å². The zero-order valence-corrected chi connectivity index (χ0v) is 21.7. The van der Waals surface area contributed by atoms with E-state index in [9.17, 15) is 9.18 Å². The number of fused-ring (bicyclic) bond motifs is 1. The monoisotopic (exact) mass is 521 g/mol. The van der Waals surface area contributed by atoms with Crippen LogP contribution in [-0.4, -0.2) is 55.7 Å². The molecule has 3 aromatic rings. The number of rotatable bonds is 9. The molecule has 2 atom stereocenters. The molecule has 2 saturated heterocycles. The molecule has 1 aliphatic carbocycles. The van der Waals surface area contributed by atoms with Gasteiger partial charge in [-0.05, 0) is 97.9 Å². The zero-order chi connectivity index (χ0) is 25.4. The van der Waals surface area contributed by atoms with Crippen molar-refractivity contribution in [1.82, 2.24) is 10.2 Å². The van der Waals surface area contributed by atoms with E-state index in [2.05, 4.69) is 27.2 Å². The van der Waals surface area contributed by atoms with Crippen LogP contribution in [0.4, 0.5) is 10.1 Å². The molecular weight excluding hydrogens is 489 g/mol. The Kier molecular flexibility index (Phi) is 6.96. The molecule has 5 nitrogen and oxygen atoms in total. The van der Waals surface area contributed by atoms with Crippen LogP contribution in [0.2, 0.25) is 5.02 Å². The Bertz CT molecular complexity index is 1290. The number of likely N-dealkylation sites (tertiary alicyclic amines) is 1. The van der Waals surface area contributed by atoms with E-state index in [1.165, 1.54) is 12.5 Å². The van der Waals surface area contributed by atoms with Gasteiger partial charge in [0.2, 0.25) is 5.91 Å². The van der Waals surface area contributed by atoms with E-state index in [0.29, 0.717) is 17.7 Å². The van der Waals surface area contributed by atoms with Crippen molar-refractivity contribution in [2.75, 3.05) is 37.6 Å². The molecule has 1 N–H and O–H groups in total. The van der Waals surface area contributed by atoms with Crippen molar-refractivity contribution in [3.63, 3.8) is 0 Å². The summed E-state index contributed by atoms with van der Waals surface area (Å²) in [5.41, 5.74) is 2.19. The molecule has 0 radical (unpaired) electrons. The van der Waals surface area contributed by atoms with Crippen LogP contribution < -0.4 is 15.0 Å². The Hall–Kier alpha value is -2.83. The first-order valence-corrected chi connectivity index (χ1v) is 13.8. The number of nitrogens with zero attached hydrogens (tertiary/aromatic N) is 2. The van der Waals surface area contributed by atoms with Gasteiger partial charge < -0.3 is 19.9 Å². The smallest absolute Gasteiger partial charge is 0.225 e. The average molecular weight is 522 g/mol. The maximum atomic E-state index is 13.5. The molecule has 1 amide bonds. The summed E-state index contributed by atoms with van der Waals surface area (Å²) in [5.74, 6) is 0.591. The van der Waals surface area contributed by atoms with Gasteiger partial charge in [0, 0.05) is 31.4 Å². The Morgan fingerprint density at radius 1 is 1.03 bits per heavy atom. The highest BCUT2D eigenvalue weighted by molar-refractivity contribution is 6.32. The van der Waals surface area contributed by atoms with Crippen LogP contribution in [0.3, 0.4) is 0 Å². The van der Waals surface area contributed by atoms with E-state index in [1.54, 1.807) is 6.07 Å². The summed E-state index contributed by atoms with van der Waals surface area (Å²) in [7, 11) is 0. The molecule has 2 aliphatic heterocycles. The number of amides is 1. The predicted molar refractivity (Wildman–Crippen MR) is 146 cm³/mol. The molecule has 7 heteroatoms. The number of benzene rings is 3. The average Bonchev–Trinajstić information content (AvgIpc) is 3.54. The number of halogens is 2. The Labute approximate surface area is 222 Å². The van der Waals surface area contributed by atoms with Gasteiger partial charge in [-0.15, -0.1) is 0 Å². The molecule has 0 bridgehead atoms. The summed E-state index contributed by atoms with van der Waals surface area (Å²) >= 11 is 6.51. The molecule has 3 fully saturated rings. The largest absolute Gasteiger partial charge is 0.489 e. The van der Waals surface area contributed by atoms with Crippen molar-refractivity contribution < 1.29 is 13.9 Å². The SMILES string of the molecule is O=C(NC(Cc1ccc(OC2CC2)c(Cl)c1)CN1CCC1)C1CCN(c2ccc3cc(F)ccc3c2)C1. The molecule has 6 rings (SSSR count). The number of hydrogen-bond acceptors (Lipinski definition) is 4. The molecule has 2 unspecified atom stereocenters. The highest BCUT2D eigenvalue weighted by Gasteiger charge is 2.31. The van der Waals surface area contributed by atoms with Gasteiger partial charge in [-0.2, -0.15) is 0 Å². The first-order valence-electron chi connectivity index (χ1n) is 13.4. The third-order valence-electron chi connectivity index (χ3n) is 7.78. The Balaban J connectivity index is 1.10. The minimum atomic E-state index is -0.226. The second-order valence-corrected chi connectivity index (χ2v) is 11.2. The Morgan fingerprint density at radius 3 is 2.59 bits per heavy atom. The molecule has 2 heterocycles. The lowest BCUT2D eigenvalue weighted by Crippen LogP contribution is -2.50. The molecule has 37 heavy (non-hydrogen) atoms. The quantitative estimate of drug-likeness (QED) is 0.407. The van der Waals surface area contributed by atoms with E-state index in [-0.39, 0.29) is 23.7 Å². The fraction of sp³-hybridized carbons (Fsp3) is 0.433. The fourth-order valence-electron chi connectivity index (χ4n) is 5.38. The zero-order valence-electron chi connectivity index (χ0n) is 21.0. The third kappa shape index (κ3) is 5.86. The third-order valence-corrected chi connectivity index (χ3v) is 8.08. The molecule has 194 valence electrons. The number of carbonyl (C=O) groups excluding carboxylic acids is 1. The lowest BCUT2D eigenvalue weighted by molar-refractivity contribution is -0.125. The van der Waals surface area contributed by atoms with Crippen LogP contribution in [0.1, 0.15) is 31.2 Å². The Morgan fingerprint density at radius 2 is 1.84 bits per heavy atom. The van der Waals surface area contributed by atoms with Crippen LogP contribution >= 0.6 is 11.6 Å². The number of hydrogen-bond donors (Lipinski definition) is 1. The van der Waals surface area contributed by atoms with E-state index in [1.807, 2.05) is 30.3 Å². The lowest BCUT2D eigenvalue weighted by Gasteiger charge is -2.35. The fourth-order valence-corrected chi connectivity index (χ4v) is 5.63. The summed E-state index contributed by atoms with van der Waals surface area (Å²) in [6, 6.07) is 17.0. The lowest BCUT2D eigenvalue weighted by atomic mass is 10.0.